The minimum atomic E-state index is -2.01. The van der Waals surface area contributed by atoms with Gasteiger partial charge in [0.25, 0.3) is 11.3 Å². The Morgan fingerprint density at radius 2 is 1.81 bits per heavy atom. The van der Waals surface area contributed by atoms with Gasteiger partial charge in [-0.05, 0) is 56.6 Å². The Kier molecular flexibility index (Phi) is 8.45. The number of hydrogen-bond donors (Lipinski definition) is 2. The minimum Gasteiger partial charge on any atom is -0.369 e. The first kappa shape index (κ1) is 23.2. The largest absolute Gasteiger partial charge is 0.369 e. The highest BCUT2D eigenvalue weighted by atomic mass is 32.2. The second-order valence-electron chi connectivity index (χ2n) is 7.94. The number of anilines is 3. The zero-order valence-corrected chi connectivity index (χ0v) is 19.1. The van der Waals surface area contributed by atoms with E-state index in [1.807, 2.05) is 49.4 Å². The third kappa shape index (κ3) is 7.05. The van der Waals surface area contributed by atoms with Gasteiger partial charge >= 0.3 is 0 Å². The standard InChI is InChI=1S/C23H32N4O3S/c1-19-8-10-22(11-9-19)27(31(29)30)13-4-3-12-25-14-16-26(17-15-25)23-7-5-6-21(18-23)24-20(2)28/h5-11,18H,3-4,12-17H2,1-2H3,(H,24,28)(H,29,30). The summed E-state index contributed by atoms with van der Waals surface area (Å²) < 4.78 is 22.9. The Morgan fingerprint density at radius 3 is 2.45 bits per heavy atom. The van der Waals surface area contributed by atoms with E-state index >= 15 is 0 Å². The van der Waals surface area contributed by atoms with E-state index in [2.05, 4.69) is 21.2 Å². The molecule has 1 amide bonds. The van der Waals surface area contributed by atoms with Crippen LogP contribution in [0.25, 0.3) is 0 Å². The van der Waals surface area contributed by atoms with Crippen molar-refractivity contribution in [3.8, 4) is 0 Å². The lowest BCUT2D eigenvalue weighted by molar-refractivity contribution is -0.114. The SMILES string of the molecule is CC(=O)Nc1cccc(N2CCN(CCCCN(c3ccc(C)cc3)S(=O)O)CC2)c1. The number of nitrogens with zero attached hydrogens (tertiary/aromatic N) is 3. The van der Waals surface area contributed by atoms with Crippen LogP contribution in [0.1, 0.15) is 25.3 Å². The van der Waals surface area contributed by atoms with Crippen molar-refractivity contribution in [2.24, 2.45) is 0 Å². The summed E-state index contributed by atoms with van der Waals surface area (Å²) in [4.78, 5) is 16.1. The fourth-order valence-electron chi connectivity index (χ4n) is 3.81. The maximum atomic E-state index is 11.7. The molecule has 31 heavy (non-hydrogen) atoms. The second kappa shape index (κ2) is 11.3. The van der Waals surface area contributed by atoms with E-state index in [1.54, 1.807) is 4.31 Å². The molecule has 8 heteroatoms. The topological polar surface area (TPSA) is 76.1 Å². The summed E-state index contributed by atoms with van der Waals surface area (Å²) in [6.45, 7) is 8.92. The summed E-state index contributed by atoms with van der Waals surface area (Å²) in [6.07, 6.45) is 1.84. The number of nitrogens with one attached hydrogen (secondary N) is 1. The van der Waals surface area contributed by atoms with Crippen LogP contribution in [0.3, 0.4) is 0 Å². The molecule has 2 aromatic rings. The van der Waals surface area contributed by atoms with Gasteiger partial charge in [0, 0.05) is 51.0 Å². The highest BCUT2D eigenvalue weighted by Gasteiger charge is 2.18. The van der Waals surface area contributed by atoms with Gasteiger partial charge in [-0.3, -0.25) is 18.6 Å². The van der Waals surface area contributed by atoms with E-state index in [4.69, 9.17) is 0 Å². The van der Waals surface area contributed by atoms with Crippen LogP contribution in [0.2, 0.25) is 0 Å². The lowest BCUT2D eigenvalue weighted by Gasteiger charge is -2.36. The smallest absolute Gasteiger partial charge is 0.261 e. The lowest BCUT2D eigenvalue weighted by atomic mass is 10.2. The number of hydrogen-bond acceptors (Lipinski definition) is 4. The van der Waals surface area contributed by atoms with E-state index in [-0.39, 0.29) is 5.91 Å². The molecule has 0 saturated carbocycles. The summed E-state index contributed by atoms with van der Waals surface area (Å²) >= 11 is -2.01. The van der Waals surface area contributed by atoms with Crippen LogP contribution in [-0.2, 0) is 16.1 Å². The van der Waals surface area contributed by atoms with Gasteiger partial charge in [0.1, 0.15) is 0 Å². The quantitative estimate of drug-likeness (QED) is 0.457. The molecule has 0 radical (unpaired) electrons. The normalized spacial score (nSPS) is 15.5. The zero-order valence-electron chi connectivity index (χ0n) is 18.3. The first-order valence-electron chi connectivity index (χ1n) is 10.7. The lowest BCUT2D eigenvalue weighted by Crippen LogP contribution is -2.46. The van der Waals surface area contributed by atoms with Crippen LogP contribution in [-0.4, -0.2) is 58.8 Å². The summed E-state index contributed by atoms with van der Waals surface area (Å²) in [5.41, 5.74) is 3.87. The predicted octanol–water partition coefficient (Wildman–Crippen LogP) is 3.50. The van der Waals surface area contributed by atoms with Gasteiger partial charge in [-0.2, -0.15) is 0 Å². The van der Waals surface area contributed by atoms with Crippen LogP contribution in [0.15, 0.2) is 48.5 Å². The van der Waals surface area contributed by atoms with E-state index in [1.165, 1.54) is 6.92 Å². The molecule has 0 spiro atoms. The third-order valence-corrected chi connectivity index (χ3v) is 6.27. The average molecular weight is 445 g/mol. The first-order chi connectivity index (χ1) is 14.9. The molecule has 2 aromatic carbocycles. The average Bonchev–Trinajstić information content (AvgIpc) is 2.74. The molecule has 0 aromatic heterocycles. The third-order valence-electron chi connectivity index (χ3n) is 5.50. The first-order valence-corrected chi connectivity index (χ1v) is 11.8. The maximum Gasteiger partial charge on any atom is 0.261 e. The molecule has 168 valence electrons. The monoisotopic (exact) mass is 444 g/mol. The van der Waals surface area contributed by atoms with Crippen LogP contribution in [0.5, 0.6) is 0 Å². The van der Waals surface area contributed by atoms with Crippen molar-refractivity contribution in [1.82, 2.24) is 4.90 Å². The molecule has 1 heterocycles. The fraction of sp³-hybridized carbons (Fsp3) is 0.435. The molecule has 0 bridgehead atoms. The Labute approximate surface area is 187 Å². The summed E-state index contributed by atoms with van der Waals surface area (Å²) in [5, 5.41) is 2.84. The predicted molar refractivity (Wildman–Crippen MR) is 128 cm³/mol. The van der Waals surface area contributed by atoms with E-state index < -0.39 is 11.3 Å². The number of amides is 1. The van der Waals surface area contributed by atoms with Crippen molar-refractivity contribution in [3.63, 3.8) is 0 Å². The summed E-state index contributed by atoms with van der Waals surface area (Å²) in [7, 11) is 0. The fourth-order valence-corrected chi connectivity index (χ4v) is 4.40. The van der Waals surface area contributed by atoms with Crippen molar-refractivity contribution < 1.29 is 13.6 Å². The number of carbonyl (C=O) groups is 1. The van der Waals surface area contributed by atoms with Gasteiger partial charge in [0.15, 0.2) is 0 Å². The molecule has 1 aliphatic heterocycles. The van der Waals surface area contributed by atoms with Crippen molar-refractivity contribution >= 4 is 34.2 Å². The van der Waals surface area contributed by atoms with Gasteiger partial charge in [0.05, 0.1) is 5.69 Å². The molecule has 1 atom stereocenters. The zero-order chi connectivity index (χ0) is 22.2. The number of piperazine rings is 1. The number of unbranched alkanes of at least 4 members (excludes halogenated alkanes) is 1. The Balaban J connectivity index is 1.41. The number of rotatable bonds is 9. The van der Waals surface area contributed by atoms with Gasteiger partial charge in [-0.1, -0.05) is 23.8 Å². The molecular formula is C23H32N4O3S. The van der Waals surface area contributed by atoms with Crippen LogP contribution >= 0.6 is 0 Å². The minimum absolute atomic E-state index is 0.0621. The molecule has 7 nitrogen and oxygen atoms in total. The van der Waals surface area contributed by atoms with Crippen molar-refractivity contribution in [2.45, 2.75) is 26.7 Å². The van der Waals surface area contributed by atoms with Crippen molar-refractivity contribution in [3.05, 3.63) is 54.1 Å². The number of carbonyl (C=O) groups excluding carboxylic acids is 1. The second-order valence-corrected chi connectivity index (χ2v) is 8.84. The van der Waals surface area contributed by atoms with Crippen molar-refractivity contribution in [1.29, 1.82) is 0 Å². The Bertz CT molecular complexity index is 883. The van der Waals surface area contributed by atoms with Gasteiger partial charge in [0.2, 0.25) is 5.91 Å². The number of benzene rings is 2. The summed E-state index contributed by atoms with van der Waals surface area (Å²) in [5.74, 6) is -0.0621. The Hall–Kier alpha value is -2.42. The van der Waals surface area contributed by atoms with Crippen LogP contribution in [0, 0.1) is 6.92 Å². The van der Waals surface area contributed by atoms with E-state index in [0.29, 0.717) is 6.54 Å². The van der Waals surface area contributed by atoms with Crippen LogP contribution < -0.4 is 14.5 Å². The molecule has 1 fully saturated rings. The van der Waals surface area contributed by atoms with E-state index in [0.717, 1.165) is 68.2 Å². The molecular weight excluding hydrogens is 412 g/mol. The van der Waals surface area contributed by atoms with Gasteiger partial charge < -0.3 is 10.2 Å². The molecule has 1 saturated heterocycles. The molecule has 0 aliphatic carbocycles. The molecule has 2 N–H and O–H groups in total. The maximum absolute atomic E-state index is 11.7. The highest BCUT2D eigenvalue weighted by molar-refractivity contribution is 7.80. The van der Waals surface area contributed by atoms with E-state index in [9.17, 15) is 13.6 Å². The highest BCUT2D eigenvalue weighted by Crippen LogP contribution is 2.21. The van der Waals surface area contributed by atoms with Gasteiger partial charge in [-0.25, -0.2) is 4.21 Å². The summed E-state index contributed by atoms with van der Waals surface area (Å²) in [6, 6.07) is 15.7. The van der Waals surface area contributed by atoms with Crippen LogP contribution in [0.4, 0.5) is 17.1 Å². The van der Waals surface area contributed by atoms with Gasteiger partial charge in [-0.15, -0.1) is 0 Å². The molecule has 1 unspecified atom stereocenters. The Morgan fingerprint density at radius 1 is 1.10 bits per heavy atom. The number of aryl methyl sites for hydroxylation is 1. The molecule has 1 aliphatic rings. The van der Waals surface area contributed by atoms with Crippen molar-refractivity contribution in [2.75, 3.05) is 53.8 Å². The molecule has 3 rings (SSSR count).